The number of aromatic hydroxyl groups is 1. The monoisotopic (exact) mass is 568 g/mol. The van der Waals surface area contributed by atoms with Gasteiger partial charge in [0.2, 0.25) is 5.89 Å². The van der Waals surface area contributed by atoms with E-state index in [1.54, 1.807) is 42.5 Å². The fourth-order valence-electron chi connectivity index (χ4n) is 2.80. The predicted octanol–water partition coefficient (Wildman–Crippen LogP) is 7.79. The van der Waals surface area contributed by atoms with Crippen molar-refractivity contribution in [3.05, 3.63) is 67.0 Å². The number of phenolic OH excluding ortho intramolecular Hbond substituents is 1. The summed E-state index contributed by atoms with van der Waals surface area (Å²) in [5.74, 6) is 0.664. The van der Waals surface area contributed by atoms with Gasteiger partial charge in [0.25, 0.3) is 0 Å². The molecule has 5 nitrogen and oxygen atoms in total. The van der Waals surface area contributed by atoms with Crippen LogP contribution in [-0.4, -0.2) is 23.4 Å². The van der Waals surface area contributed by atoms with Crippen LogP contribution in [0.15, 0.2) is 60.8 Å². The minimum absolute atomic E-state index is 0.0265. The van der Waals surface area contributed by atoms with Gasteiger partial charge in [-0.2, -0.15) is 0 Å². The van der Waals surface area contributed by atoms with E-state index in [-0.39, 0.29) is 5.75 Å². The van der Waals surface area contributed by atoms with Crippen LogP contribution in [0.5, 0.6) is 11.5 Å². The number of nitrogens with zero attached hydrogens (tertiary/aromatic N) is 2. The van der Waals surface area contributed by atoms with Crippen LogP contribution in [0.2, 0.25) is 10.0 Å². The van der Waals surface area contributed by atoms with Crippen molar-refractivity contribution in [1.82, 2.24) is 4.98 Å². The number of methoxy groups -OCH3 is 1. The topological polar surface area (TPSA) is 67.9 Å². The number of benzene rings is 3. The molecular formula is C21H12Br2Cl2N2O3. The van der Waals surface area contributed by atoms with Crippen LogP contribution in [0, 0.1) is 0 Å². The zero-order valence-electron chi connectivity index (χ0n) is 15.3. The summed E-state index contributed by atoms with van der Waals surface area (Å²) in [4.78, 5) is 8.94. The molecule has 0 amide bonds. The highest BCUT2D eigenvalue weighted by molar-refractivity contribution is 9.13. The van der Waals surface area contributed by atoms with E-state index in [0.29, 0.717) is 54.1 Å². The van der Waals surface area contributed by atoms with E-state index in [1.165, 1.54) is 13.3 Å². The molecule has 0 aliphatic rings. The van der Waals surface area contributed by atoms with Gasteiger partial charge in [0.15, 0.2) is 17.1 Å². The second kappa shape index (κ2) is 8.59. The van der Waals surface area contributed by atoms with Crippen molar-refractivity contribution in [2.45, 2.75) is 0 Å². The van der Waals surface area contributed by atoms with Crippen LogP contribution >= 0.6 is 55.1 Å². The van der Waals surface area contributed by atoms with Gasteiger partial charge in [0.1, 0.15) is 5.52 Å². The van der Waals surface area contributed by atoms with Gasteiger partial charge in [-0.15, -0.1) is 0 Å². The van der Waals surface area contributed by atoms with Crippen molar-refractivity contribution in [1.29, 1.82) is 0 Å². The van der Waals surface area contributed by atoms with Crippen LogP contribution in [0.25, 0.3) is 22.6 Å². The quantitative estimate of drug-likeness (QED) is 0.254. The van der Waals surface area contributed by atoms with Gasteiger partial charge >= 0.3 is 0 Å². The van der Waals surface area contributed by atoms with Crippen molar-refractivity contribution < 1.29 is 14.3 Å². The van der Waals surface area contributed by atoms with Gasteiger partial charge in [-0.25, -0.2) is 4.98 Å². The molecular weight excluding hydrogens is 559 g/mol. The summed E-state index contributed by atoms with van der Waals surface area (Å²) in [7, 11) is 1.48. The molecule has 1 N–H and O–H groups in total. The lowest BCUT2D eigenvalue weighted by Gasteiger charge is -2.09. The zero-order valence-corrected chi connectivity index (χ0v) is 20.0. The highest BCUT2D eigenvalue weighted by Crippen LogP contribution is 2.40. The Labute approximate surface area is 198 Å². The molecule has 1 aromatic heterocycles. The molecule has 0 saturated carbocycles. The third-order valence-corrected chi connectivity index (χ3v) is 6.86. The maximum absolute atomic E-state index is 10.4. The highest BCUT2D eigenvalue weighted by Gasteiger charge is 2.15. The summed E-state index contributed by atoms with van der Waals surface area (Å²) in [5, 5.41) is 11.5. The van der Waals surface area contributed by atoms with Gasteiger partial charge in [-0.3, -0.25) is 4.99 Å². The number of oxazole rings is 1. The molecule has 0 saturated heterocycles. The van der Waals surface area contributed by atoms with Gasteiger partial charge < -0.3 is 14.3 Å². The van der Waals surface area contributed by atoms with E-state index >= 15 is 0 Å². The number of ether oxygens (including phenoxy) is 1. The molecule has 0 atom stereocenters. The molecule has 152 valence electrons. The number of halogens is 4. The molecule has 4 rings (SSSR count). The molecule has 30 heavy (non-hydrogen) atoms. The first-order valence-corrected chi connectivity index (χ1v) is 10.9. The number of hydrogen-bond donors (Lipinski definition) is 1. The second-order valence-corrected chi connectivity index (χ2v) is 8.68. The van der Waals surface area contributed by atoms with E-state index < -0.39 is 0 Å². The normalized spacial score (nSPS) is 11.5. The third kappa shape index (κ3) is 4.07. The van der Waals surface area contributed by atoms with E-state index in [0.717, 1.165) is 4.47 Å². The lowest BCUT2D eigenvalue weighted by atomic mass is 10.2. The Hall–Kier alpha value is -2.06. The van der Waals surface area contributed by atoms with E-state index in [2.05, 4.69) is 41.8 Å². The summed E-state index contributed by atoms with van der Waals surface area (Å²) in [6, 6.07) is 12.1. The van der Waals surface area contributed by atoms with Gasteiger partial charge in [0.05, 0.1) is 28.9 Å². The zero-order chi connectivity index (χ0) is 21.4. The van der Waals surface area contributed by atoms with Gasteiger partial charge in [-0.1, -0.05) is 23.2 Å². The van der Waals surface area contributed by atoms with E-state index in [9.17, 15) is 5.11 Å². The standard InChI is InChI=1S/C21H12Br2Cl2N2O3/c1-29-18-8-14(22)19(23)13(20(18)28)9-26-11-3-4-15(25)12(7-11)21-27-16-6-10(24)2-5-17(16)30-21/h2-9,28H,1H3. The molecule has 1 heterocycles. The molecule has 0 radical (unpaired) electrons. The fourth-order valence-corrected chi connectivity index (χ4v) is 3.99. The number of hydrogen-bond acceptors (Lipinski definition) is 5. The Morgan fingerprint density at radius 1 is 1.13 bits per heavy atom. The van der Waals surface area contributed by atoms with Gasteiger partial charge in [0, 0.05) is 20.2 Å². The Balaban J connectivity index is 1.74. The molecule has 0 unspecified atom stereocenters. The number of aliphatic imine (C=N–C) groups is 1. The molecule has 4 aromatic rings. The maximum Gasteiger partial charge on any atom is 0.228 e. The van der Waals surface area contributed by atoms with Crippen LogP contribution in [0.1, 0.15) is 5.56 Å². The number of aromatic nitrogens is 1. The van der Waals surface area contributed by atoms with Crippen LogP contribution in [0.4, 0.5) is 5.69 Å². The van der Waals surface area contributed by atoms with Crippen molar-refractivity contribution in [3.63, 3.8) is 0 Å². The molecule has 0 aliphatic carbocycles. The lowest BCUT2D eigenvalue weighted by Crippen LogP contribution is -1.92. The largest absolute Gasteiger partial charge is 0.504 e. The Morgan fingerprint density at radius 3 is 2.70 bits per heavy atom. The van der Waals surface area contributed by atoms with E-state index in [1.807, 2.05) is 0 Å². The Kier molecular flexibility index (Phi) is 6.06. The minimum Gasteiger partial charge on any atom is -0.504 e. The minimum atomic E-state index is -0.0265. The van der Waals surface area contributed by atoms with Crippen molar-refractivity contribution >= 4 is 78.1 Å². The summed E-state index contributed by atoms with van der Waals surface area (Å²) in [6.45, 7) is 0. The molecule has 0 bridgehead atoms. The highest BCUT2D eigenvalue weighted by atomic mass is 79.9. The first-order chi connectivity index (χ1) is 14.4. The summed E-state index contributed by atoms with van der Waals surface area (Å²) in [6.07, 6.45) is 1.53. The van der Waals surface area contributed by atoms with Gasteiger partial charge in [-0.05, 0) is 74.3 Å². The maximum atomic E-state index is 10.4. The third-order valence-electron chi connectivity index (χ3n) is 4.29. The molecule has 9 heteroatoms. The molecule has 0 aliphatic heterocycles. The Morgan fingerprint density at radius 2 is 1.93 bits per heavy atom. The summed E-state index contributed by atoms with van der Waals surface area (Å²) >= 11 is 19.3. The number of fused-ring (bicyclic) bond motifs is 1. The average Bonchev–Trinajstić information content (AvgIpc) is 3.14. The summed E-state index contributed by atoms with van der Waals surface area (Å²) in [5.41, 5.74) is 2.90. The van der Waals surface area contributed by atoms with Crippen LogP contribution < -0.4 is 4.74 Å². The molecule has 0 spiro atoms. The lowest BCUT2D eigenvalue weighted by molar-refractivity contribution is 0.372. The number of rotatable bonds is 4. The molecule has 3 aromatic carbocycles. The first-order valence-electron chi connectivity index (χ1n) is 8.52. The summed E-state index contributed by atoms with van der Waals surface area (Å²) < 4.78 is 12.4. The average molecular weight is 571 g/mol. The SMILES string of the molecule is COc1cc(Br)c(Br)c(C=Nc2ccc(Cl)c(-c3nc4cc(Cl)ccc4o3)c2)c1O. The smallest absolute Gasteiger partial charge is 0.228 e. The first kappa shape index (κ1) is 21.2. The van der Waals surface area contributed by atoms with Crippen molar-refractivity contribution in [3.8, 4) is 23.0 Å². The van der Waals surface area contributed by atoms with Crippen molar-refractivity contribution in [2.24, 2.45) is 4.99 Å². The second-order valence-electron chi connectivity index (χ2n) is 6.19. The van der Waals surface area contributed by atoms with Crippen molar-refractivity contribution in [2.75, 3.05) is 7.11 Å². The molecule has 0 fully saturated rings. The Bertz CT molecular complexity index is 1310. The number of phenols is 1. The van der Waals surface area contributed by atoms with E-state index in [4.69, 9.17) is 32.4 Å². The van der Waals surface area contributed by atoms with Crippen LogP contribution in [0.3, 0.4) is 0 Å². The van der Waals surface area contributed by atoms with Crippen LogP contribution in [-0.2, 0) is 0 Å². The predicted molar refractivity (Wildman–Crippen MR) is 127 cm³/mol. The fraction of sp³-hybridized carbons (Fsp3) is 0.0476.